The van der Waals surface area contributed by atoms with Gasteiger partial charge in [0.25, 0.3) is 0 Å². The molecular formula is C19H22N2O5S. The van der Waals surface area contributed by atoms with E-state index in [4.69, 9.17) is 5.11 Å². The third kappa shape index (κ3) is 5.63. The Morgan fingerprint density at radius 3 is 2.37 bits per heavy atom. The van der Waals surface area contributed by atoms with Gasteiger partial charge in [0.1, 0.15) is 0 Å². The summed E-state index contributed by atoms with van der Waals surface area (Å²) < 4.78 is 26.2. The van der Waals surface area contributed by atoms with E-state index in [-0.39, 0.29) is 17.2 Å². The van der Waals surface area contributed by atoms with Crippen LogP contribution in [-0.2, 0) is 26.0 Å². The lowest BCUT2D eigenvalue weighted by molar-refractivity contribution is -0.138. The molecule has 8 heteroatoms. The molecule has 2 aromatic rings. The lowest BCUT2D eigenvalue weighted by Gasteiger charge is -2.10. The minimum atomic E-state index is -3.52. The van der Waals surface area contributed by atoms with Gasteiger partial charge >= 0.3 is 5.97 Å². The molecule has 0 saturated carbocycles. The molecule has 0 fully saturated rings. The van der Waals surface area contributed by atoms with E-state index in [9.17, 15) is 18.0 Å². The second-order valence-corrected chi connectivity index (χ2v) is 7.82. The molecule has 0 bridgehead atoms. The Balaban J connectivity index is 2.04. The summed E-state index contributed by atoms with van der Waals surface area (Å²) in [5.74, 6) is -1.89. The molecule has 27 heavy (non-hydrogen) atoms. The van der Waals surface area contributed by atoms with E-state index in [0.717, 1.165) is 0 Å². The Morgan fingerprint density at radius 1 is 1.11 bits per heavy atom. The highest BCUT2D eigenvalue weighted by molar-refractivity contribution is 7.89. The van der Waals surface area contributed by atoms with Gasteiger partial charge in [-0.3, -0.25) is 9.59 Å². The van der Waals surface area contributed by atoms with Gasteiger partial charge in [0, 0.05) is 12.2 Å². The van der Waals surface area contributed by atoms with Crippen LogP contribution < -0.4 is 10.0 Å². The van der Waals surface area contributed by atoms with E-state index < -0.39 is 21.9 Å². The summed E-state index contributed by atoms with van der Waals surface area (Å²) in [5, 5.41) is 11.8. The van der Waals surface area contributed by atoms with Crippen LogP contribution in [0.15, 0.2) is 53.4 Å². The lowest BCUT2D eigenvalue weighted by Crippen LogP contribution is -2.23. The standard InChI is InChI=1S/C19H22N2O5S/c1-3-20-27(25,26)17-9-7-14(8-10-17)11-18(22)21-16-6-4-5-15(12-16)13(2)19(23)24/h4-10,12-13,20H,3,11H2,1-2H3,(H,21,22)(H,23,24). The van der Waals surface area contributed by atoms with Crippen molar-refractivity contribution in [1.82, 2.24) is 4.72 Å². The smallest absolute Gasteiger partial charge is 0.310 e. The number of carboxylic acids is 1. The highest BCUT2D eigenvalue weighted by Gasteiger charge is 2.15. The number of carboxylic acid groups (broad SMARTS) is 1. The maximum Gasteiger partial charge on any atom is 0.310 e. The van der Waals surface area contributed by atoms with Gasteiger partial charge in [0.2, 0.25) is 15.9 Å². The number of carbonyl (C=O) groups is 2. The van der Waals surface area contributed by atoms with Gasteiger partial charge in [-0.1, -0.05) is 31.2 Å². The van der Waals surface area contributed by atoms with Crippen molar-refractivity contribution >= 4 is 27.6 Å². The third-order valence-corrected chi connectivity index (χ3v) is 5.53. The van der Waals surface area contributed by atoms with Crippen LogP contribution in [0.3, 0.4) is 0 Å². The van der Waals surface area contributed by atoms with Gasteiger partial charge in [-0.15, -0.1) is 0 Å². The first-order valence-electron chi connectivity index (χ1n) is 8.44. The summed E-state index contributed by atoms with van der Waals surface area (Å²) in [4.78, 5) is 23.4. The number of anilines is 1. The molecule has 0 aliphatic heterocycles. The molecule has 2 rings (SSSR count). The largest absolute Gasteiger partial charge is 0.481 e. The van der Waals surface area contributed by atoms with E-state index >= 15 is 0 Å². The molecule has 144 valence electrons. The number of rotatable bonds is 8. The van der Waals surface area contributed by atoms with Crippen molar-refractivity contribution in [2.75, 3.05) is 11.9 Å². The maximum absolute atomic E-state index is 12.2. The highest BCUT2D eigenvalue weighted by atomic mass is 32.2. The summed E-state index contributed by atoms with van der Waals surface area (Å²) >= 11 is 0. The van der Waals surface area contributed by atoms with Crippen LogP contribution in [0.25, 0.3) is 0 Å². The van der Waals surface area contributed by atoms with Crippen molar-refractivity contribution < 1.29 is 23.1 Å². The molecule has 1 atom stereocenters. The van der Waals surface area contributed by atoms with E-state index in [1.807, 2.05) is 0 Å². The van der Waals surface area contributed by atoms with Gasteiger partial charge in [0.15, 0.2) is 0 Å². The predicted molar refractivity (Wildman–Crippen MR) is 102 cm³/mol. The van der Waals surface area contributed by atoms with Gasteiger partial charge < -0.3 is 10.4 Å². The third-order valence-electron chi connectivity index (χ3n) is 3.97. The van der Waals surface area contributed by atoms with Crippen molar-refractivity contribution in [3.8, 4) is 0 Å². The molecule has 1 amide bonds. The first-order chi connectivity index (χ1) is 12.7. The number of hydrogen-bond donors (Lipinski definition) is 3. The van der Waals surface area contributed by atoms with Crippen LogP contribution in [0.4, 0.5) is 5.69 Å². The fraction of sp³-hybridized carbons (Fsp3) is 0.263. The Labute approximate surface area is 158 Å². The summed E-state index contributed by atoms with van der Waals surface area (Å²) in [5.41, 5.74) is 1.77. The van der Waals surface area contributed by atoms with E-state index in [0.29, 0.717) is 23.4 Å². The predicted octanol–water partition coefficient (Wildman–Crippen LogP) is 2.35. The van der Waals surface area contributed by atoms with Crippen molar-refractivity contribution in [3.05, 3.63) is 59.7 Å². The van der Waals surface area contributed by atoms with Crippen molar-refractivity contribution in [3.63, 3.8) is 0 Å². The molecule has 2 aromatic carbocycles. The monoisotopic (exact) mass is 390 g/mol. The number of aliphatic carboxylic acids is 1. The Kier molecular flexibility index (Phi) is 6.70. The lowest BCUT2D eigenvalue weighted by atomic mass is 10.0. The molecule has 7 nitrogen and oxygen atoms in total. The minimum Gasteiger partial charge on any atom is -0.481 e. The van der Waals surface area contributed by atoms with E-state index in [2.05, 4.69) is 10.0 Å². The molecule has 0 saturated heterocycles. The van der Waals surface area contributed by atoms with Crippen LogP contribution in [0.2, 0.25) is 0 Å². The zero-order valence-electron chi connectivity index (χ0n) is 15.1. The molecule has 0 aromatic heterocycles. The minimum absolute atomic E-state index is 0.0697. The van der Waals surface area contributed by atoms with Crippen LogP contribution >= 0.6 is 0 Å². The number of carbonyl (C=O) groups excluding carboxylic acids is 1. The summed E-state index contributed by atoms with van der Waals surface area (Å²) in [6.07, 6.45) is 0.0697. The number of nitrogens with one attached hydrogen (secondary N) is 2. The fourth-order valence-corrected chi connectivity index (χ4v) is 3.52. The first kappa shape index (κ1) is 20.6. The molecular weight excluding hydrogens is 368 g/mol. The second-order valence-electron chi connectivity index (χ2n) is 6.06. The number of sulfonamides is 1. The van der Waals surface area contributed by atoms with Crippen molar-refractivity contribution in [2.24, 2.45) is 0 Å². The Bertz CT molecular complexity index is 923. The molecule has 0 aliphatic carbocycles. The number of amides is 1. The molecule has 1 unspecified atom stereocenters. The maximum atomic E-state index is 12.2. The Hall–Kier alpha value is -2.71. The normalized spacial score (nSPS) is 12.4. The topological polar surface area (TPSA) is 113 Å². The quantitative estimate of drug-likeness (QED) is 0.640. The Morgan fingerprint density at radius 2 is 1.78 bits per heavy atom. The van der Waals surface area contributed by atoms with Gasteiger partial charge in [-0.2, -0.15) is 0 Å². The van der Waals surface area contributed by atoms with Crippen molar-refractivity contribution in [1.29, 1.82) is 0 Å². The fourth-order valence-electron chi connectivity index (χ4n) is 2.48. The highest BCUT2D eigenvalue weighted by Crippen LogP contribution is 2.20. The second kappa shape index (κ2) is 8.79. The molecule has 0 radical (unpaired) electrons. The van der Waals surface area contributed by atoms with E-state index in [1.54, 1.807) is 50.2 Å². The van der Waals surface area contributed by atoms with Gasteiger partial charge in [0.05, 0.1) is 17.2 Å². The molecule has 0 aliphatic rings. The van der Waals surface area contributed by atoms with Gasteiger partial charge in [-0.05, 0) is 42.3 Å². The van der Waals surface area contributed by atoms with Crippen LogP contribution in [-0.4, -0.2) is 31.9 Å². The van der Waals surface area contributed by atoms with Crippen molar-refractivity contribution in [2.45, 2.75) is 31.1 Å². The van der Waals surface area contributed by atoms with Crippen LogP contribution in [0.5, 0.6) is 0 Å². The molecule has 3 N–H and O–H groups in total. The average molecular weight is 390 g/mol. The number of benzene rings is 2. The van der Waals surface area contributed by atoms with E-state index in [1.165, 1.54) is 12.1 Å². The van der Waals surface area contributed by atoms with Gasteiger partial charge in [-0.25, -0.2) is 13.1 Å². The molecule has 0 spiro atoms. The van der Waals surface area contributed by atoms with Crippen LogP contribution in [0.1, 0.15) is 30.9 Å². The first-order valence-corrected chi connectivity index (χ1v) is 9.92. The summed E-state index contributed by atoms with van der Waals surface area (Å²) in [7, 11) is -3.52. The number of hydrogen-bond acceptors (Lipinski definition) is 4. The van der Waals surface area contributed by atoms with Crippen LogP contribution in [0, 0.1) is 0 Å². The zero-order chi connectivity index (χ0) is 20.0. The SMILES string of the molecule is CCNS(=O)(=O)c1ccc(CC(=O)Nc2cccc(C(C)C(=O)O)c2)cc1. The average Bonchev–Trinajstić information content (AvgIpc) is 2.61. The zero-order valence-corrected chi connectivity index (χ0v) is 15.9. The summed E-state index contributed by atoms with van der Waals surface area (Å²) in [6, 6.07) is 12.8. The molecule has 0 heterocycles. The summed E-state index contributed by atoms with van der Waals surface area (Å²) in [6.45, 7) is 3.57.